The maximum Gasteiger partial charge on any atom is 0.472 e. The Kier molecular flexibility index (Phi) is 15.0. The van der Waals surface area contributed by atoms with Crippen LogP contribution in [0.5, 0.6) is 0 Å². The van der Waals surface area contributed by atoms with Crippen LogP contribution in [0.1, 0.15) is 20.8 Å². The molecule has 47 heavy (non-hydrogen) atoms. The summed E-state index contributed by atoms with van der Waals surface area (Å²) in [6.07, 6.45) is -24.4. The number of nitrogens with two attached hydrogens (primary N) is 1. The van der Waals surface area contributed by atoms with Gasteiger partial charge in [0.1, 0.15) is 67.1 Å². The molecule has 3 heterocycles. The minimum atomic E-state index is -4.99. The number of carbonyl (C=O) groups is 2. The van der Waals surface area contributed by atoms with Crippen molar-refractivity contribution in [1.82, 2.24) is 5.32 Å². The van der Waals surface area contributed by atoms with Gasteiger partial charge in [-0.2, -0.15) is 0 Å². The molecule has 3 aliphatic heterocycles. The molecular weight excluding hydrogens is 663 g/mol. The van der Waals surface area contributed by atoms with E-state index in [1.165, 1.54) is 13.8 Å². The number of rotatable bonds is 15. The van der Waals surface area contributed by atoms with Crippen LogP contribution in [0.3, 0.4) is 0 Å². The summed E-state index contributed by atoms with van der Waals surface area (Å²) in [5.41, 5.74) is 5.34. The van der Waals surface area contributed by atoms with Gasteiger partial charge in [0.2, 0.25) is 5.91 Å². The topological polar surface area (TPSA) is 325 Å². The van der Waals surface area contributed by atoms with Gasteiger partial charge in [-0.05, 0) is 13.8 Å². The van der Waals surface area contributed by atoms with Crippen molar-refractivity contribution in [1.29, 1.82) is 0 Å². The highest BCUT2D eigenvalue weighted by Gasteiger charge is 2.55. The molecule has 0 aromatic heterocycles. The Balaban J connectivity index is 2.04. The monoisotopic (exact) mass is 708 g/mol. The maximum absolute atomic E-state index is 12.8. The lowest BCUT2D eigenvalue weighted by Crippen LogP contribution is -2.69. The van der Waals surface area contributed by atoms with E-state index in [2.05, 4.69) is 5.32 Å². The molecule has 3 aliphatic rings. The molecule has 3 saturated heterocycles. The average Bonchev–Trinajstić information content (AvgIpc) is 3.02. The van der Waals surface area contributed by atoms with Crippen molar-refractivity contribution in [2.75, 3.05) is 26.4 Å². The zero-order chi connectivity index (χ0) is 35.2. The van der Waals surface area contributed by atoms with E-state index in [9.17, 15) is 54.8 Å². The van der Waals surface area contributed by atoms with E-state index < -0.39 is 132 Å². The summed E-state index contributed by atoms with van der Waals surface area (Å²) in [6.45, 7) is 1.43. The predicted molar refractivity (Wildman–Crippen MR) is 150 cm³/mol. The lowest BCUT2D eigenvalue weighted by molar-refractivity contribution is -0.369. The van der Waals surface area contributed by atoms with Crippen molar-refractivity contribution in [3.63, 3.8) is 0 Å². The summed E-state index contributed by atoms with van der Waals surface area (Å²) in [4.78, 5) is 34.2. The van der Waals surface area contributed by atoms with Crippen LogP contribution in [-0.4, -0.2) is 177 Å². The first-order valence-corrected chi connectivity index (χ1v) is 16.2. The molecule has 2 unspecified atom stereocenters. The molecule has 3 rings (SSSR count). The van der Waals surface area contributed by atoms with Crippen LogP contribution in [0.25, 0.3) is 0 Å². The Morgan fingerprint density at radius 2 is 1.51 bits per heavy atom. The second-order valence-electron chi connectivity index (χ2n) is 11.2. The van der Waals surface area contributed by atoms with Gasteiger partial charge in [0.05, 0.1) is 32.0 Å². The first kappa shape index (κ1) is 40.1. The molecule has 0 aliphatic carbocycles. The number of nitrogens with one attached hydrogen (secondary N) is 1. The summed E-state index contributed by atoms with van der Waals surface area (Å²) >= 11 is 0. The molecule has 21 nitrogen and oxygen atoms in total. The number of amides is 1. The number of aliphatic hydroxyl groups excluding tert-OH is 7. The molecule has 0 saturated carbocycles. The molecule has 0 aromatic rings. The van der Waals surface area contributed by atoms with Gasteiger partial charge in [-0.25, -0.2) is 4.57 Å². The second-order valence-corrected chi connectivity index (χ2v) is 12.6. The van der Waals surface area contributed by atoms with Gasteiger partial charge in [0.25, 0.3) is 0 Å². The van der Waals surface area contributed by atoms with Gasteiger partial charge in [-0.15, -0.1) is 0 Å². The van der Waals surface area contributed by atoms with Crippen molar-refractivity contribution >= 4 is 20.0 Å². The fraction of sp³-hybridized carbons (Fsp3) is 0.920. The van der Waals surface area contributed by atoms with E-state index in [-0.39, 0.29) is 12.8 Å². The summed E-state index contributed by atoms with van der Waals surface area (Å²) in [5.74, 6) is -0.741. The Morgan fingerprint density at radius 1 is 0.894 bits per heavy atom. The minimum absolute atomic E-state index is 0.182. The summed E-state index contributed by atoms with van der Waals surface area (Å²) in [6, 6.07) is -1.58. The van der Waals surface area contributed by atoms with Crippen molar-refractivity contribution in [2.45, 2.75) is 119 Å². The number of phosphoric ester groups is 1. The van der Waals surface area contributed by atoms with Crippen molar-refractivity contribution < 1.29 is 92.3 Å². The van der Waals surface area contributed by atoms with Crippen molar-refractivity contribution in [3.05, 3.63) is 0 Å². The summed E-state index contributed by atoms with van der Waals surface area (Å²) in [7, 11) is -4.99. The normalized spacial score (nSPS) is 43.1. The Bertz CT molecular complexity index is 1060. The quantitative estimate of drug-likeness (QED) is 0.0560. The standard InChI is InChI=1S/C25H45N2O19P/c1-9-15(32)18(35)19(36)24(40-9)44-20-14(27-11(3)31)23(43-13(8-30)17(20)34)45-22-21(46-47(37,38)39-5-4-26)16(33)10(2)41-25(22)42-12(6-28)7-29/h6,9-10,12-25,29-30,32-36H,4-5,7-8,26H2,1-3H3,(H,27,31)(H,37,38)/t9-,10-,12?,13+,14+,15-,16-,17+,18+,19+,20+,21+,22+,23-,24-,25-/m0/s1. The van der Waals surface area contributed by atoms with E-state index in [4.69, 9.17) is 43.2 Å². The Hall–Kier alpha value is -1.31. The molecule has 17 atom stereocenters. The van der Waals surface area contributed by atoms with Gasteiger partial charge >= 0.3 is 7.82 Å². The van der Waals surface area contributed by atoms with Crippen molar-refractivity contribution in [3.8, 4) is 0 Å². The lowest BCUT2D eigenvalue weighted by Gasteiger charge is -2.49. The van der Waals surface area contributed by atoms with Gasteiger partial charge in [0.15, 0.2) is 25.2 Å². The van der Waals surface area contributed by atoms with E-state index in [0.29, 0.717) is 0 Å². The van der Waals surface area contributed by atoms with Gasteiger partial charge in [-0.3, -0.25) is 13.8 Å². The molecule has 274 valence electrons. The zero-order valence-electron chi connectivity index (χ0n) is 25.7. The minimum Gasteiger partial charge on any atom is -0.394 e. The molecule has 0 bridgehead atoms. The molecule has 22 heteroatoms. The maximum atomic E-state index is 12.8. The van der Waals surface area contributed by atoms with Gasteiger partial charge in [-0.1, -0.05) is 0 Å². The lowest BCUT2D eigenvalue weighted by atomic mass is 9.94. The van der Waals surface area contributed by atoms with E-state index >= 15 is 0 Å². The molecule has 0 radical (unpaired) electrons. The van der Waals surface area contributed by atoms with Crippen LogP contribution in [-0.2, 0) is 51.6 Å². The average molecular weight is 709 g/mol. The molecule has 0 aromatic carbocycles. The van der Waals surface area contributed by atoms with Crippen LogP contribution in [0.2, 0.25) is 0 Å². The zero-order valence-corrected chi connectivity index (χ0v) is 26.6. The third-order valence-corrected chi connectivity index (χ3v) is 8.66. The highest BCUT2D eigenvalue weighted by molar-refractivity contribution is 7.47. The number of phosphoric acid groups is 1. The SMILES string of the molecule is CC(=O)N[C@H]1[C@H](O[C@H]2[C@H](OC(C=O)CO)O[C@@H](C)[C@H](O)[C@H]2OP(=O)(O)OCCN)O[C@H](CO)[C@@H](O)[C@@H]1O[C@@H]1O[C@@H](C)[C@H](O)[C@@H](O)[C@H]1O. The molecular formula is C25H45N2O19P. The first-order chi connectivity index (χ1) is 22.1. The van der Waals surface area contributed by atoms with E-state index in [0.717, 1.165) is 6.92 Å². The largest absolute Gasteiger partial charge is 0.472 e. The third-order valence-electron chi connectivity index (χ3n) is 7.64. The predicted octanol–water partition coefficient (Wildman–Crippen LogP) is -5.69. The van der Waals surface area contributed by atoms with Crippen LogP contribution in [0.4, 0.5) is 0 Å². The number of hydrogen-bond acceptors (Lipinski definition) is 19. The van der Waals surface area contributed by atoms with Gasteiger partial charge in [0, 0.05) is 13.5 Å². The molecule has 3 fully saturated rings. The smallest absolute Gasteiger partial charge is 0.394 e. The number of aliphatic hydroxyl groups is 7. The first-order valence-electron chi connectivity index (χ1n) is 14.7. The number of hydrogen-bond donors (Lipinski definition) is 10. The summed E-state index contributed by atoms with van der Waals surface area (Å²) in [5, 5.41) is 75.0. The number of aldehydes is 1. The fourth-order valence-corrected chi connectivity index (χ4v) is 6.12. The molecule has 0 spiro atoms. The highest BCUT2D eigenvalue weighted by atomic mass is 31.2. The van der Waals surface area contributed by atoms with Crippen LogP contribution in [0, 0.1) is 0 Å². The second kappa shape index (κ2) is 17.6. The van der Waals surface area contributed by atoms with E-state index in [1.54, 1.807) is 0 Å². The van der Waals surface area contributed by atoms with Crippen LogP contribution >= 0.6 is 7.82 Å². The van der Waals surface area contributed by atoms with E-state index in [1.807, 2.05) is 0 Å². The number of ether oxygens (including phenoxy) is 6. The van der Waals surface area contributed by atoms with Crippen LogP contribution < -0.4 is 11.1 Å². The van der Waals surface area contributed by atoms with Gasteiger partial charge < -0.3 is 84.9 Å². The highest BCUT2D eigenvalue weighted by Crippen LogP contribution is 2.47. The van der Waals surface area contributed by atoms with Crippen LogP contribution in [0.15, 0.2) is 0 Å². The number of carbonyl (C=O) groups excluding carboxylic acids is 2. The molecule has 1 amide bonds. The Labute approximate surface area is 269 Å². The Morgan fingerprint density at radius 3 is 2.09 bits per heavy atom. The molecule has 11 N–H and O–H groups in total. The summed E-state index contributed by atoms with van der Waals surface area (Å²) < 4.78 is 57.0. The van der Waals surface area contributed by atoms with Crippen molar-refractivity contribution in [2.24, 2.45) is 5.73 Å². The fourth-order valence-electron chi connectivity index (χ4n) is 5.17. The third kappa shape index (κ3) is 9.90.